The summed E-state index contributed by atoms with van der Waals surface area (Å²) in [7, 11) is 0. The van der Waals surface area contributed by atoms with Crippen LogP contribution in [0.15, 0.2) is 15.7 Å². The van der Waals surface area contributed by atoms with Crippen molar-refractivity contribution >= 4 is 0 Å². The second-order valence-electron chi connectivity index (χ2n) is 3.07. The number of hydrogen-bond acceptors (Lipinski definition) is 2. The molecule has 0 atom stereocenters. The van der Waals surface area contributed by atoms with Crippen LogP contribution in [0, 0.1) is 0 Å². The van der Waals surface area contributed by atoms with Crippen molar-refractivity contribution in [2.45, 2.75) is 32.6 Å². The first-order valence-corrected chi connectivity index (χ1v) is 4.55. The van der Waals surface area contributed by atoms with E-state index in [0.29, 0.717) is 0 Å². The minimum Gasteiger partial charge on any atom is -0.311 e. The van der Waals surface area contributed by atoms with Gasteiger partial charge in [-0.25, -0.2) is 4.79 Å². The van der Waals surface area contributed by atoms with Crippen LogP contribution in [0.1, 0.15) is 31.9 Å². The first kappa shape index (κ1) is 9.77. The van der Waals surface area contributed by atoms with Crippen LogP contribution in [0.5, 0.6) is 0 Å². The van der Waals surface area contributed by atoms with Gasteiger partial charge in [0.2, 0.25) is 0 Å². The van der Waals surface area contributed by atoms with E-state index in [1.807, 2.05) is 0 Å². The van der Waals surface area contributed by atoms with E-state index in [-0.39, 0.29) is 5.56 Å². The molecule has 1 rings (SSSR count). The van der Waals surface area contributed by atoms with E-state index >= 15 is 0 Å². The largest absolute Gasteiger partial charge is 0.325 e. The fourth-order valence-corrected chi connectivity index (χ4v) is 1.22. The summed E-state index contributed by atoms with van der Waals surface area (Å²) in [6.07, 6.45) is 4.03. The van der Waals surface area contributed by atoms with Gasteiger partial charge in [-0.1, -0.05) is 19.8 Å². The maximum Gasteiger partial charge on any atom is 0.325 e. The van der Waals surface area contributed by atoms with Crippen LogP contribution in [0.3, 0.4) is 0 Å². The standard InChI is InChI=1S/C9H14N2O2/c1-2-3-4-5-7-6-8(12)11-9(13)10-7/h6H,2-5H2,1H3,(H2,10,11,12,13). The highest BCUT2D eigenvalue weighted by Gasteiger charge is 1.95. The zero-order chi connectivity index (χ0) is 9.68. The molecule has 0 fully saturated rings. The molecule has 1 heterocycles. The molecule has 1 aromatic rings. The first-order chi connectivity index (χ1) is 6.22. The molecule has 0 saturated carbocycles. The van der Waals surface area contributed by atoms with Gasteiger partial charge in [0.25, 0.3) is 5.56 Å². The van der Waals surface area contributed by atoms with Crippen molar-refractivity contribution < 1.29 is 0 Å². The quantitative estimate of drug-likeness (QED) is 0.676. The lowest BCUT2D eigenvalue weighted by atomic mass is 10.1. The van der Waals surface area contributed by atoms with Crippen molar-refractivity contribution in [3.8, 4) is 0 Å². The zero-order valence-electron chi connectivity index (χ0n) is 7.72. The number of nitrogens with one attached hydrogen (secondary N) is 2. The number of aryl methyl sites for hydroxylation is 1. The van der Waals surface area contributed by atoms with E-state index in [1.165, 1.54) is 6.07 Å². The third kappa shape index (κ3) is 3.27. The number of rotatable bonds is 4. The highest BCUT2D eigenvalue weighted by molar-refractivity contribution is 4.98. The van der Waals surface area contributed by atoms with Gasteiger partial charge in [-0.15, -0.1) is 0 Å². The van der Waals surface area contributed by atoms with Crippen LogP contribution >= 0.6 is 0 Å². The van der Waals surface area contributed by atoms with Gasteiger partial charge in [0.05, 0.1) is 0 Å². The maximum atomic E-state index is 10.9. The van der Waals surface area contributed by atoms with Gasteiger partial charge in [-0.3, -0.25) is 9.78 Å². The summed E-state index contributed by atoms with van der Waals surface area (Å²) in [6.45, 7) is 2.11. The normalized spacial score (nSPS) is 10.2. The van der Waals surface area contributed by atoms with Crippen molar-refractivity contribution in [3.05, 3.63) is 32.6 Å². The van der Waals surface area contributed by atoms with Gasteiger partial charge in [-0.2, -0.15) is 0 Å². The Hall–Kier alpha value is -1.32. The smallest absolute Gasteiger partial charge is 0.311 e. The van der Waals surface area contributed by atoms with Gasteiger partial charge in [0.1, 0.15) is 0 Å². The van der Waals surface area contributed by atoms with E-state index in [4.69, 9.17) is 0 Å². The Morgan fingerprint density at radius 2 is 2.00 bits per heavy atom. The molecular formula is C9H14N2O2. The van der Waals surface area contributed by atoms with E-state index < -0.39 is 5.69 Å². The summed E-state index contributed by atoms with van der Waals surface area (Å²) in [4.78, 5) is 26.4. The zero-order valence-corrected chi connectivity index (χ0v) is 7.72. The summed E-state index contributed by atoms with van der Waals surface area (Å²) in [5.74, 6) is 0. The Labute approximate surface area is 76.0 Å². The summed E-state index contributed by atoms with van der Waals surface area (Å²) in [5, 5.41) is 0. The molecule has 0 bridgehead atoms. The third-order valence-electron chi connectivity index (χ3n) is 1.87. The van der Waals surface area contributed by atoms with Gasteiger partial charge in [-0.05, 0) is 12.8 Å². The predicted molar refractivity (Wildman–Crippen MR) is 50.9 cm³/mol. The van der Waals surface area contributed by atoms with Crippen molar-refractivity contribution in [1.82, 2.24) is 9.97 Å². The predicted octanol–water partition coefficient (Wildman–Crippen LogP) is 0.796. The Kier molecular flexibility index (Phi) is 3.49. The fourth-order valence-electron chi connectivity index (χ4n) is 1.22. The van der Waals surface area contributed by atoms with Crippen LogP contribution in [0.4, 0.5) is 0 Å². The average molecular weight is 182 g/mol. The Balaban J connectivity index is 2.67. The monoisotopic (exact) mass is 182 g/mol. The van der Waals surface area contributed by atoms with Gasteiger partial charge >= 0.3 is 5.69 Å². The minimum absolute atomic E-state index is 0.324. The molecule has 0 amide bonds. The van der Waals surface area contributed by atoms with Crippen LogP contribution in [-0.4, -0.2) is 9.97 Å². The van der Waals surface area contributed by atoms with Gasteiger partial charge < -0.3 is 4.98 Å². The van der Waals surface area contributed by atoms with Gasteiger partial charge in [0, 0.05) is 11.8 Å². The molecule has 0 aromatic carbocycles. The Bertz CT molecular complexity index is 336. The molecular weight excluding hydrogens is 168 g/mol. The molecule has 0 saturated heterocycles. The SMILES string of the molecule is CCCCCc1cc(=O)[nH]c(=O)[nH]1. The molecule has 0 aliphatic carbocycles. The molecule has 72 valence electrons. The Morgan fingerprint density at radius 3 is 2.62 bits per heavy atom. The first-order valence-electron chi connectivity index (χ1n) is 4.55. The van der Waals surface area contributed by atoms with E-state index in [0.717, 1.165) is 31.4 Å². The average Bonchev–Trinajstić information content (AvgIpc) is 2.03. The van der Waals surface area contributed by atoms with Crippen molar-refractivity contribution in [2.24, 2.45) is 0 Å². The van der Waals surface area contributed by atoms with Gasteiger partial charge in [0.15, 0.2) is 0 Å². The lowest BCUT2D eigenvalue weighted by molar-refractivity contribution is 0.702. The molecule has 0 radical (unpaired) electrons. The summed E-state index contributed by atoms with van der Waals surface area (Å²) < 4.78 is 0. The summed E-state index contributed by atoms with van der Waals surface area (Å²) in [5.41, 5.74) is -0.0172. The summed E-state index contributed by atoms with van der Waals surface area (Å²) >= 11 is 0. The van der Waals surface area contributed by atoms with E-state index in [2.05, 4.69) is 16.9 Å². The third-order valence-corrected chi connectivity index (χ3v) is 1.87. The van der Waals surface area contributed by atoms with Crippen LogP contribution in [0.25, 0.3) is 0 Å². The number of aromatic amines is 2. The highest BCUT2D eigenvalue weighted by Crippen LogP contribution is 1.99. The fraction of sp³-hybridized carbons (Fsp3) is 0.556. The molecule has 0 aliphatic rings. The lowest BCUT2D eigenvalue weighted by Gasteiger charge is -1.98. The highest BCUT2D eigenvalue weighted by atomic mass is 16.2. The molecule has 0 unspecified atom stereocenters. The second kappa shape index (κ2) is 4.64. The van der Waals surface area contributed by atoms with Crippen LogP contribution in [0.2, 0.25) is 0 Å². The molecule has 1 aromatic heterocycles. The van der Waals surface area contributed by atoms with Crippen molar-refractivity contribution in [2.75, 3.05) is 0 Å². The van der Waals surface area contributed by atoms with E-state index in [1.54, 1.807) is 0 Å². The van der Waals surface area contributed by atoms with Crippen LogP contribution < -0.4 is 11.2 Å². The maximum absolute atomic E-state index is 10.9. The van der Waals surface area contributed by atoms with E-state index in [9.17, 15) is 9.59 Å². The number of H-pyrrole nitrogens is 2. The second-order valence-corrected chi connectivity index (χ2v) is 3.07. The minimum atomic E-state index is -0.418. The Morgan fingerprint density at radius 1 is 1.23 bits per heavy atom. The lowest BCUT2D eigenvalue weighted by Crippen LogP contribution is -2.22. The van der Waals surface area contributed by atoms with Crippen LogP contribution in [-0.2, 0) is 6.42 Å². The molecule has 2 N–H and O–H groups in total. The number of aromatic nitrogens is 2. The molecule has 4 nitrogen and oxygen atoms in total. The van der Waals surface area contributed by atoms with Crippen molar-refractivity contribution in [1.29, 1.82) is 0 Å². The number of hydrogen-bond donors (Lipinski definition) is 2. The molecule has 0 spiro atoms. The molecule has 0 aliphatic heterocycles. The topological polar surface area (TPSA) is 65.7 Å². The molecule has 13 heavy (non-hydrogen) atoms. The number of unbranched alkanes of at least 4 members (excludes halogenated alkanes) is 2. The summed E-state index contributed by atoms with van der Waals surface area (Å²) in [6, 6.07) is 1.44. The molecule has 4 heteroatoms. The van der Waals surface area contributed by atoms with Crippen molar-refractivity contribution in [3.63, 3.8) is 0 Å².